The Morgan fingerprint density at radius 3 is 2.44 bits per heavy atom. The number of piperidine rings is 1. The highest BCUT2D eigenvalue weighted by atomic mass is 127. The number of guanidine groups is 1. The molecule has 0 amide bonds. The molecular formula is C13H29IN4. The first kappa shape index (κ1) is 18.0. The van der Waals surface area contributed by atoms with Crippen LogP contribution in [0.25, 0.3) is 0 Å². The van der Waals surface area contributed by atoms with Gasteiger partial charge in [-0.2, -0.15) is 0 Å². The average Bonchev–Trinajstić information content (AvgIpc) is 2.35. The fourth-order valence-corrected chi connectivity index (χ4v) is 2.05. The summed E-state index contributed by atoms with van der Waals surface area (Å²) in [6.07, 6.45) is 3.71. The van der Waals surface area contributed by atoms with E-state index in [9.17, 15) is 0 Å². The van der Waals surface area contributed by atoms with Gasteiger partial charge in [-0.1, -0.05) is 6.92 Å². The van der Waals surface area contributed by atoms with E-state index in [4.69, 9.17) is 0 Å². The molecule has 2 N–H and O–H groups in total. The van der Waals surface area contributed by atoms with Crippen LogP contribution in [0.3, 0.4) is 0 Å². The van der Waals surface area contributed by atoms with Crippen molar-refractivity contribution in [1.29, 1.82) is 0 Å². The van der Waals surface area contributed by atoms with Crippen molar-refractivity contribution in [3.8, 4) is 0 Å². The Morgan fingerprint density at radius 1 is 1.22 bits per heavy atom. The SMILES string of the molecule is CCCNC(=NCC1CCN(C)CC1)NCC.I. The summed E-state index contributed by atoms with van der Waals surface area (Å²) in [6.45, 7) is 9.62. The van der Waals surface area contributed by atoms with Crippen molar-refractivity contribution in [2.24, 2.45) is 10.9 Å². The lowest BCUT2D eigenvalue weighted by atomic mass is 9.97. The highest BCUT2D eigenvalue weighted by Crippen LogP contribution is 2.15. The molecule has 1 saturated heterocycles. The van der Waals surface area contributed by atoms with Crippen LogP contribution in [-0.2, 0) is 0 Å². The second-order valence-corrected chi connectivity index (χ2v) is 4.89. The molecule has 1 heterocycles. The van der Waals surface area contributed by atoms with E-state index >= 15 is 0 Å². The molecule has 1 fully saturated rings. The number of rotatable bonds is 5. The molecule has 4 nitrogen and oxygen atoms in total. The Kier molecular flexibility index (Phi) is 10.8. The van der Waals surface area contributed by atoms with Gasteiger partial charge in [0.05, 0.1) is 0 Å². The third kappa shape index (κ3) is 7.41. The Bertz CT molecular complexity index is 225. The monoisotopic (exact) mass is 368 g/mol. The van der Waals surface area contributed by atoms with Crippen molar-refractivity contribution in [2.75, 3.05) is 39.8 Å². The van der Waals surface area contributed by atoms with Gasteiger partial charge in [-0.15, -0.1) is 24.0 Å². The van der Waals surface area contributed by atoms with Gasteiger partial charge in [-0.05, 0) is 52.2 Å². The van der Waals surface area contributed by atoms with Crippen LogP contribution in [0.1, 0.15) is 33.1 Å². The molecular weight excluding hydrogens is 339 g/mol. The smallest absolute Gasteiger partial charge is 0.191 e. The molecule has 0 aromatic carbocycles. The van der Waals surface area contributed by atoms with E-state index < -0.39 is 0 Å². The van der Waals surface area contributed by atoms with Crippen molar-refractivity contribution < 1.29 is 0 Å². The minimum absolute atomic E-state index is 0. The molecule has 0 aliphatic carbocycles. The maximum atomic E-state index is 4.68. The molecule has 0 aromatic heterocycles. The lowest BCUT2D eigenvalue weighted by Gasteiger charge is -2.28. The van der Waals surface area contributed by atoms with Crippen molar-refractivity contribution in [3.63, 3.8) is 0 Å². The molecule has 0 radical (unpaired) electrons. The first-order valence-corrected chi connectivity index (χ1v) is 6.97. The van der Waals surface area contributed by atoms with Crippen LogP contribution in [0.2, 0.25) is 0 Å². The van der Waals surface area contributed by atoms with Crippen LogP contribution in [0.5, 0.6) is 0 Å². The Hall–Kier alpha value is -0.0400. The second-order valence-electron chi connectivity index (χ2n) is 4.89. The van der Waals surface area contributed by atoms with Gasteiger partial charge >= 0.3 is 0 Å². The largest absolute Gasteiger partial charge is 0.357 e. The Labute approximate surface area is 129 Å². The van der Waals surface area contributed by atoms with Crippen LogP contribution >= 0.6 is 24.0 Å². The summed E-state index contributed by atoms with van der Waals surface area (Å²) in [5, 5.41) is 6.64. The lowest BCUT2D eigenvalue weighted by Crippen LogP contribution is -2.38. The quantitative estimate of drug-likeness (QED) is 0.443. The predicted molar refractivity (Wildman–Crippen MR) is 89.9 cm³/mol. The maximum Gasteiger partial charge on any atom is 0.191 e. The fraction of sp³-hybridized carbons (Fsp3) is 0.923. The first-order chi connectivity index (χ1) is 8.26. The zero-order chi connectivity index (χ0) is 12.5. The van der Waals surface area contributed by atoms with Crippen molar-refractivity contribution >= 4 is 29.9 Å². The molecule has 0 saturated carbocycles. The molecule has 1 rings (SSSR count). The van der Waals surface area contributed by atoms with Gasteiger partial charge in [0.25, 0.3) is 0 Å². The summed E-state index contributed by atoms with van der Waals surface area (Å²) in [5.74, 6) is 1.75. The van der Waals surface area contributed by atoms with E-state index in [0.717, 1.165) is 37.9 Å². The molecule has 1 aliphatic rings. The zero-order valence-electron chi connectivity index (χ0n) is 12.0. The van der Waals surface area contributed by atoms with Crippen molar-refractivity contribution in [2.45, 2.75) is 33.1 Å². The maximum absolute atomic E-state index is 4.68. The topological polar surface area (TPSA) is 39.7 Å². The van der Waals surface area contributed by atoms with Crippen molar-refractivity contribution in [1.82, 2.24) is 15.5 Å². The van der Waals surface area contributed by atoms with E-state index in [2.05, 4.69) is 41.4 Å². The fourth-order valence-electron chi connectivity index (χ4n) is 2.05. The Balaban J connectivity index is 0.00000289. The third-order valence-electron chi connectivity index (χ3n) is 3.23. The highest BCUT2D eigenvalue weighted by Gasteiger charge is 2.16. The molecule has 0 atom stereocenters. The second kappa shape index (κ2) is 10.8. The first-order valence-electron chi connectivity index (χ1n) is 6.97. The molecule has 0 aromatic rings. The van der Waals surface area contributed by atoms with E-state index in [1.54, 1.807) is 0 Å². The molecule has 18 heavy (non-hydrogen) atoms. The molecule has 108 valence electrons. The third-order valence-corrected chi connectivity index (χ3v) is 3.23. The van der Waals surface area contributed by atoms with Gasteiger partial charge in [0, 0.05) is 19.6 Å². The van der Waals surface area contributed by atoms with Gasteiger partial charge in [-0.3, -0.25) is 4.99 Å². The summed E-state index contributed by atoms with van der Waals surface area (Å²) in [6, 6.07) is 0. The molecule has 5 heteroatoms. The number of halogens is 1. The standard InChI is InChI=1S/C13H28N4.HI/c1-4-8-15-13(14-5-2)16-11-12-6-9-17(3)10-7-12;/h12H,4-11H2,1-3H3,(H2,14,15,16);1H. The summed E-state index contributed by atoms with van der Waals surface area (Å²) >= 11 is 0. The van der Waals surface area contributed by atoms with Gasteiger partial charge in [0.1, 0.15) is 0 Å². The minimum Gasteiger partial charge on any atom is -0.357 e. The van der Waals surface area contributed by atoms with Crippen molar-refractivity contribution in [3.05, 3.63) is 0 Å². The number of likely N-dealkylation sites (tertiary alicyclic amines) is 1. The van der Waals surface area contributed by atoms with E-state index in [-0.39, 0.29) is 24.0 Å². The summed E-state index contributed by atoms with van der Waals surface area (Å²) in [4.78, 5) is 7.08. The van der Waals surface area contributed by atoms with Crippen LogP contribution in [-0.4, -0.2) is 50.6 Å². The summed E-state index contributed by atoms with van der Waals surface area (Å²) in [7, 11) is 2.20. The predicted octanol–water partition coefficient (Wildman–Crippen LogP) is 1.91. The van der Waals surface area contributed by atoms with Crippen LogP contribution < -0.4 is 10.6 Å². The number of nitrogens with one attached hydrogen (secondary N) is 2. The molecule has 0 unspecified atom stereocenters. The molecule has 1 aliphatic heterocycles. The van der Waals surface area contributed by atoms with Gasteiger partial charge in [0.15, 0.2) is 5.96 Å². The normalized spacial score (nSPS) is 18.3. The average molecular weight is 368 g/mol. The number of nitrogens with zero attached hydrogens (tertiary/aromatic N) is 2. The number of hydrogen-bond acceptors (Lipinski definition) is 2. The Morgan fingerprint density at radius 2 is 1.89 bits per heavy atom. The number of aliphatic imine (C=N–C) groups is 1. The highest BCUT2D eigenvalue weighted by molar-refractivity contribution is 14.0. The lowest BCUT2D eigenvalue weighted by molar-refractivity contribution is 0.223. The van der Waals surface area contributed by atoms with Gasteiger partial charge < -0.3 is 15.5 Å². The summed E-state index contributed by atoms with van der Waals surface area (Å²) < 4.78 is 0. The van der Waals surface area contributed by atoms with Crippen LogP contribution in [0.4, 0.5) is 0 Å². The van der Waals surface area contributed by atoms with E-state index in [0.29, 0.717) is 0 Å². The summed E-state index contributed by atoms with van der Waals surface area (Å²) in [5.41, 5.74) is 0. The zero-order valence-corrected chi connectivity index (χ0v) is 14.4. The minimum atomic E-state index is 0. The van der Waals surface area contributed by atoms with Gasteiger partial charge in [0.2, 0.25) is 0 Å². The van der Waals surface area contributed by atoms with E-state index in [1.165, 1.54) is 25.9 Å². The van der Waals surface area contributed by atoms with Crippen LogP contribution in [0, 0.1) is 5.92 Å². The van der Waals surface area contributed by atoms with E-state index in [1.807, 2.05) is 0 Å². The number of hydrogen-bond donors (Lipinski definition) is 2. The van der Waals surface area contributed by atoms with Crippen LogP contribution in [0.15, 0.2) is 4.99 Å². The molecule has 0 spiro atoms. The molecule has 0 bridgehead atoms. The van der Waals surface area contributed by atoms with Gasteiger partial charge in [-0.25, -0.2) is 0 Å².